The zero-order valence-electron chi connectivity index (χ0n) is 19.4. The maximum Gasteiger partial charge on any atom is 0.410 e. The predicted octanol–water partition coefficient (Wildman–Crippen LogP) is 3.18. The summed E-state index contributed by atoms with van der Waals surface area (Å²) in [4.78, 5) is 43.3. The lowest BCUT2D eigenvalue weighted by molar-refractivity contribution is 0.0240. The van der Waals surface area contributed by atoms with Crippen molar-refractivity contribution in [3.05, 3.63) is 40.2 Å². The number of piperazine rings is 1. The van der Waals surface area contributed by atoms with Crippen molar-refractivity contribution in [3.8, 4) is 5.75 Å². The number of rotatable bonds is 4. The summed E-state index contributed by atoms with van der Waals surface area (Å²) in [5, 5.41) is 3.27. The summed E-state index contributed by atoms with van der Waals surface area (Å²) in [6, 6.07) is 5.65. The van der Waals surface area contributed by atoms with Crippen molar-refractivity contribution in [3.63, 3.8) is 0 Å². The Morgan fingerprint density at radius 2 is 1.91 bits per heavy atom. The first kappa shape index (κ1) is 23.6. The fraction of sp³-hybridized carbons (Fsp3) is 0.409. The molecule has 0 bridgehead atoms. The van der Waals surface area contributed by atoms with Crippen molar-refractivity contribution in [2.75, 3.05) is 43.5 Å². The van der Waals surface area contributed by atoms with Crippen LogP contribution in [0.25, 0.3) is 11.0 Å². The van der Waals surface area contributed by atoms with Crippen molar-refractivity contribution >= 4 is 45.9 Å². The van der Waals surface area contributed by atoms with E-state index in [2.05, 4.69) is 30.2 Å². The van der Waals surface area contributed by atoms with Crippen molar-refractivity contribution < 1.29 is 14.3 Å². The molecule has 0 saturated carbocycles. The average Bonchev–Trinajstić information content (AvgIpc) is 2.78. The van der Waals surface area contributed by atoms with Gasteiger partial charge < -0.3 is 29.6 Å². The molecule has 0 aliphatic carbocycles. The third-order valence-corrected chi connectivity index (χ3v) is 5.38. The molecule has 4 rings (SSSR count). The highest BCUT2D eigenvalue weighted by molar-refractivity contribution is 6.28. The van der Waals surface area contributed by atoms with Gasteiger partial charge in [0.15, 0.2) is 11.5 Å². The van der Waals surface area contributed by atoms with Crippen LogP contribution in [0.2, 0.25) is 5.28 Å². The second-order valence-corrected chi connectivity index (χ2v) is 9.07. The highest BCUT2D eigenvalue weighted by Crippen LogP contribution is 2.33. The number of hydrogen-bond donors (Lipinski definition) is 2. The number of amides is 1. The molecule has 3 aromatic rings. The summed E-state index contributed by atoms with van der Waals surface area (Å²) in [5.41, 5.74) is 0.812. The van der Waals surface area contributed by atoms with Gasteiger partial charge in [-0.2, -0.15) is 9.97 Å². The molecule has 1 saturated heterocycles. The lowest BCUT2D eigenvalue weighted by Gasteiger charge is -2.37. The second kappa shape index (κ2) is 9.34. The average molecular weight is 488 g/mol. The quantitative estimate of drug-likeness (QED) is 0.533. The summed E-state index contributed by atoms with van der Waals surface area (Å²) in [6.07, 6.45) is 0.958. The van der Waals surface area contributed by atoms with Crippen LogP contribution in [0, 0.1) is 0 Å². The number of H-pyrrole nitrogens is 1. The van der Waals surface area contributed by atoms with E-state index in [9.17, 15) is 9.59 Å². The van der Waals surface area contributed by atoms with Crippen LogP contribution in [0.3, 0.4) is 0 Å². The van der Waals surface area contributed by atoms with Crippen molar-refractivity contribution in [2.45, 2.75) is 26.4 Å². The number of aromatic nitrogens is 4. The van der Waals surface area contributed by atoms with Gasteiger partial charge in [-0.15, -0.1) is 0 Å². The Balaban J connectivity index is 1.52. The minimum Gasteiger partial charge on any atom is -0.494 e. The Labute approximate surface area is 201 Å². The van der Waals surface area contributed by atoms with Crippen molar-refractivity contribution in [2.24, 2.45) is 0 Å². The molecule has 0 unspecified atom stereocenters. The van der Waals surface area contributed by atoms with Crippen LogP contribution in [0.4, 0.5) is 22.0 Å². The molecule has 0 radical (unpaired) electrons. The van der Waals surface area contributed by atoms with E-state index in [-0.39, 0.29) is 33.8 Å². The summed E-state index contributed by atoms with van der Waals surface area (Å²) >= 11 is 6.02. The van der Waals surface area contributed by atoms with E-state index in [0.717, 1.165) is 5.69 Å². The Bertz CT molecular complexity index is 1270. The highest BCUT2D eigenvalue weighted by Gasteiger charge is 2.26. The molecular formula is C22H26ClN7O4. The van der Waals surface area contributed by atoms with Gasteiger partial charge in [0.2, 0.25) is 5.28 Å². The van der Waals surface area contributed by atoms with Crippen LogP contribution >= 0.6 is 11.6 Å². The van der Waals surface area contributed by atoms with Crippen molar-refractivity contribution in [1.82, 2.24) is 24.8 Å². The van der Waals surface area contributed by atoms with E-state index < -0.39 is 5.60 Å². The first-order valence-corrected chi connectivity index (χ1v) is 11.1. The number of nitrogens with one attached hydrogen (secondary N) is 2. The number of halogens is 1. The number of nitrogens with zero attached hydrogens (tertiary/aromatic N) is 5. The van der Waals surface area contributed by atoms with E-state index in [4.69, 9.17) is 21.1 Å². The van der Waals surface area contributed by atoms with Gasteiger partial charge in [-0.25, -0.2) is 9.78 Å². The van der Waals surface area contributed by atoms with Gasteiger partial charge in [-0.1, -0.05) is 0 Å². The first-order valence-electron chi connectivity index (χ1n) is 10.7. The zero-order valence-corrected chi connectivity index (χ0v) is 20.1. The van der Waals surface area contributed by atoms with Crippen LogP contribution in [-0.4, -0.2) is 69.8 Å². The minimum absolute atomic E-state index is 0.0356. The number of fused-ring (bicyclic) bond motifs is 1. The van der Waals surface area contributed by atoms with Gasteiger partial charge in [0.25, 0.3) is 5.56 Å². The molecular weight excluding hydrogens is 462 g/mol. The van der Waals surface area contributed by atoms with Crippen LogP contribution in [0.5, 0.6) is 5.75 Å². The van der Waals surface area contributed by atoms with E-state index in [1.165, 1.54) is 6.33 Å². The molecule has 1 aliphatic rings. The number of aromatic amines is 1. The van der Waals surface area contributed by atoms with E-state index in [1.54, 1.807) is 12.0 Å². The van der Waals surface area contributed by atoms with E-state index >= 15 is 0 Å². The molecule has 1 fully saturated rings. The summed E-state index contributed by atoms with van der Waals surface area (Å²) in [5.74, 6) is 0.775. The molecule has 12 heteroatoms. The lowest BCUT2D eigenvalue weighted by atomic mass is 10.2. The largest absolute Gasteiger partial charge is 0.494 e. The maximum atomic E-state index is 12.3. The molecule has 1 amide bonds. The molecule has 180 valence electrons. The number of hydrogen-bond acceptors (Lipinski definition) is 9. The summed E-state index contributed by atoms with van der Waals surface area (Å²) < 4.78 is 11.0. The molecule has 0 atom stereocenters. The van der Waals surface area contributed by atoms with Gasteiger partial charge in [0.05, 0.1) is 19.1 Å². The summed E-state index contributed by atoms with van der Waals surface area (Å²) in [6.45, 7) is 7.98. The Morgan fingerprint density at radius 1 is 1.18 bits per heavy atom. The number of benzene rings is 1. The molecule has 3 heterocycles. The Kier molecular flexibility index (Phi) is 6.47. The number of carbonyl (C=O) groups is 1. The highest BCUT2D eigenvalue weighted by atomic mass is 35.5. The Morgan fingerprint density at radius 3 is 2.59 bits per heavy atom. The van der Waals surface area contributed by atoms with Gasteiger partial charge >= 0.3 is 6.09 Å². The van der Waals surface area contributed by atoms with Crippen LogP contribution in [-0.2, 0) is 4.74 Å². The molecule has 34 heavy (non-hydrogen) atoms. The number of methoxy groups -OCH3 is 1. The van der Waals surface area contributed by atoms with Crippen molar-refractivity contribution in [1.29, 1.82) is 0 Å². The van der Waals surface area contributed by atoms with Crippen LogP contribution in [0.1, 0.15) is 20.8 Å². The van der Waals surface area contributed by atoms with E-state index in [0.29, 0.717) is 37.6 Å². The molecule has 1 aromatic carbocycles. The normalized spacial score (nSPS) is 14.3. The van der Waals surface area contributed by atoms with Crippen LogP contribution < -0.4 is 20.5 Å². The molecule has 2 aromatic heterocycles. The maximum absolute atomic E-state index is 12.3. The smallest absolute Gasteiger partial charge is 0.410 e. The third-order valence-electron chi connectivity index (χ3n) is 5.21. The van der Waals surface area contributed by atoms with Gasteiger partial charge in [-0.05, 0) is 44.5 Å². The summed E-state index contributed by atoms with van der Waals surface area (Å²) in [7, 11) is 1.56. The molecule has 11 nitrogen and oxygen atoms in total. The molecule has 0 spiro atoms. The number of ether oxygens (including phenoxy) is 2. The fourth-order valence-corrected chi connectivity index (χ4v) is 3.79. The molecule has 1 aliphatic heterocycles. The number of carbonyl (C=O) groups excluding carboxylic acids is 1. The van der Waals surface area contributed by atoms with Gasteiger partial charge in [0.1, 0.15) is 16.7 Å². The fourth-order valence-electron chi connectivity index (χ4n) is 3.62. The topological polar surface area (TPSA) is 126 Å². The molecule has 2 N–H and O–H groups in total. The van der Waals surface area contributed by atoms with E-state index in [1.807, 2.05) is 39.0 Å². The minimum atomic E-state index is -0.523. The Hall–Kier alpha value is -3.60. The van der Waals surface area contributed by atoms with Gasteiger partial charge in [0, 0.05) is 37.9 Å². The first-order chi connectivity index (χ1) is 16.1. The second-order valence-electron chi connectivity index (χ2n) is 8.74. The zero-order chi connectivity index (χ0) is 24.5. The lowest BCUT2D eigenvalue weighted by Crippen LogP contribution is -2.50. The third kappa shape index (κ3) is 5.14. The van der Waals surface area contributed by atoms with Gasteiger partial charge in [-0.3, -0.25) is 4.79 Å². The monoisotopic (exact) mass is 487 g/mol. The predicted molar refractivity (Wildman–Crippen MR) is 129 cm³/mol. The standard InChI is InChI=1S/C22H26ClN7O4/c1-22(2,3)34-21(32)30-9-7-29(8-10-30)13-5-6-14(15(11-13)33-4)26-18-16-17(27-20(23)28-18)24-12-25-19(16)31/h5-6,11-12H,7-10H2,1-4H3,(H2,24,25,26,27,28,31). The van der Waals surface area contributed by atoms with Crippen LogP contribution in [0.15, 0.2) is 29.3 Å². The number of anilines is 3. The SMILES string of the molecule is COc1cc(N2CCN(C(=O)OC(C)(C)C)CC2)ccc1Nc1nc(Cl)nc2nc[nH]c(=O)c12.